The van der Waals surface area contributed by atoms with Gasteiger partial charge in [-0.05, 0) is 38.3 Å². The summed E-state index contributed by atoms with van der Waals surface area (Å²) in [7, 11) is -3.75. The monoisotopic (exact) mass is 349 g/mol. The van der Waals surface area contributed by atoms with Crippen LogP contribution in [0, 0.1) is 24.0 Å². The normalized spacial score (nSPS) is 19.0. The van der Waals surface area contributed by atoms with Crippen molar-refractivity contribution in [1.29, 1.82) is 0 Å². The number of nitrogens with two attached hydrogens (primary N) is 1. The highest BCUT2D eigenvalue weighted by Crippen LogP contribution is 2.31. The number of rotatable bonds is 4. The molecule has 1 unspecified atom stereocenters. The third-order valence-electron chi connectivity index (χ3n) is 3.87. The maximum atomic E-state index is 12.8. The highest BCUT2D eigenvalue weighted by atomic mass is 35.5. The summed E-state index contributed by atoms with van der Waals surface area (Å²) in [6, 6.07) is 2.47. The molecule has 1 atom stereocenters. The summed E-state index contributed by atoms with van der Waals surface area (Å²) in [4.78, 5) is 10.5. The van der Waals surface area contributed by atoms with Gasteiger partial charge in [0.1, 0.15) is 0 Å². The van der Waals surface area contributed by atoms with Crippen molar-refractivity contribution in [3.63, 3.8) is 0 Å². The summed E-state index contributed by atoms with van der Waals surface area (Å²) >= 11 is 0. The van der Waals surface area contributed by atoms with Gasteiger partial charge in [-0.2, -0.15) is 4.31 Å². The van der Waals surface area contributed by atoms with E-state index in [2.05, 4.69) is 0 Å². The lowest BCUT2D eigenvalue weighted by atomic mass is 10.1. The summed E-state index contributed by atoms with van der Waals surface area (Å²) in [6.07, 6.45) is 1.48. The Labute approximate surface area is 136 Å². The van der Waals surface area contributed by atoms with Crippen LogP contribution in [0.3, 0.4) is 0 Å². The van der Waals surface area contributed by atoms with E-state index in [1.165, 1.54) is 4.31 Å². The topological polar surface area (TPSA) is 107 Å². The number of nitro benzene ring substituents is 1. The molecule has 0 amide bonds. The van der Waals surface area contributed by atoms with Crippen LogP contribution in [-0.2, 0) is 10.0 Å². The number of hydrogen-bond acceptors (Lipinski definition) is 5. The first kappa shape index (κ1) is 18.8. The first-order valence-electron chi connectivity index (χ1n) is 6.76. The minimum atomic E-state index is -3.75. The van der Waals surface area contributed by atoms with Gasteiger partial charge in [0.2, 0.25) is 10.0 Å². The molecule has 0 aromatic heterocycles. The highest BCUT2D eigenvalue weighted by Gasteiger charge is 2.36. The third kappa shape index (κ3) is 3.24. The maximum Gasteiger partial charge on any atom is 0.273 e. The summed E-state index contributed by atoms with van der Waals surface area (Å²) in [6.45, 7) is 3.91. The Hall–Kier alpha value is -1.22. The number of aryl methyl sites for hydroxylation is 2. The molecule has 22 heavy (non-hydrogen) atoms. The summed E-state index contributed by atoms with van der Waals surface area (Å²) in [5.41, 5.74) is 6.41. The summed E-state index contributed by atoms with van der Waals surface area (Å²) in [5, 5.41) is 11.0. The second-order valence-corrected chi connectivity index (χ2v) is 7.17. The van der Waals surface area contributed by atoms with E-state index in [1.54, 1.807) is 19.9 Å². The molecule has 9 heteroatoms. The van der Waals surface area contributed by atoms with E-state index in [0.717, 1.165) is 18.9 Å². The molecule has 1 heterocycles. The Morgan fingerprint density at radius 3 is 2.55 bits per heavy atom. The van der Waals surface area contributed by atoms with Gasteiger partial charge in [-0.1, -0.05) is 0 Å². The minimum Gasteiger partial charge on any atom is -0.329 e. The van der Waals surface area contributed by atoms with Gasteiger partial charge in [-0.15, -0.1) is 12.4 Å². The van der Waals surface area contributed by atoms with E-state index >= 15 is 0 Å². The molecule has 0 saturated carbocycles. The number of nitro groups is 1. The molecule has 0 spiro atoms. The predicted molar refractivity (Wildman–Crippen MR) is 85.8 cm³/mol. The fraction of sp³-hybridized carbons (Fsp3) is 0.538. The van der Waals surface area contributed by atoms with Gasteiger partial charge in [-0.3, -0.25) is 10.1 Å². The lowest BCUT2D eigenvalue weighted by Crippen LogP contribution is -2.40. The number of halogens is 1. The Kier molecular flexibility index (Phi) is 5.91. The lowest BCUT2D eigenvalue weighted by molar-refractivity contribution is -0.385. The van der Waals surface area contributed by atoms with Crippen molar-refractivity contribution >= 4 is 28.1 Å². The van der Waals surface area contributed by atoms with Crippen LogP contribution in [0.1, 0.15) is 24.0 Å². The van der Waals surface area contributed by atoms with Gasteiger partial charge >= 0.3 is 0 Å². The van der Waals surface area contributed by atoms with E-state index < -0.39 is 14.9 Å². The molecular formula is C13H20ClN3O4S. The molecule has 1 aromatic rings. The Morgan fingerprint density at radius 2 is 2.00 bits per heavy atom. The molecule has 1 fully saturated rings. The van der Waals surface area contributed by atoms with Crippen LogP contribution in [0.4, 0.5) is 5.69 Å². The molecule has 1 saturated heterocycles. The minimum absolute atomic E-state index is 0. The highest BCUT2D eigenvalue weighted by molar-refractivity contribution is 7.89. The Morgan fingerprint density at radius 1 is 1.36 bits per heavy atom. The van der Waals surface area contributed by atoms with Crippen LogP contribution in [0.2, 0.25) is 0 Å². The van der Waals surface area contributed by atoms with Crippen molar-refractivity contribution in [3.05, 3.63) is 33.4 Å². The van der Waals surface area contributed by atoms with E-state index in [4.69, 9.17) is 5.73 Å². The van der Waals surface area contributed by atoms with Crippen molar-refractivity contribution in [2.45, 2.75) is 37.6 Å². The molecule has 2 rings (SSSR count). The van der Waals surface area contributed by atoms with E-state index in [0.29, 0.717) is 17.7 Å². The molecule has 1 aliphatic heterocycles. The largest absolute Gasteiger partial charge is 0.329 e. The van der Waals surface area contributed by atoms with Crippen molar-refractivity contribution < 1.29 is 13.3 Å². The van der Waals surface area contributed by atoms with Crippen LogP contribution in [0.5, 0.6) is 0 Å². The van der Waals surface area contributed by atoms with E-state index in [9.17, 15) is 18.5 Å². The van der Waals surface area contributed by atoms with Crippen LogP contribution in [-0.4, -0.2) is 36.8 Å². The van der Waals surface area contributed by atoms with Crippen molar-refractivity contribution in [2.75, 3.05) is 13.1 Å². The molecule has 0 bridgehead atoms. The average molecular weight is 350 g/mol. The Balaban J connectivity index is 0.00000242. The predicted octanol–water partition coefficient (Wildman–Crippen LogP) is 1.75. The van der Waals surface area contributed by atoms with Crippen LogP contribution in [0.25, 0.3) is 0 Å². The van der Waals surface area contributed by atoms with Crippen LogP contribution >= 0.6 is 12.4 Å². The van der Waals surface area contributed by atoms with Crippen molar-refractivity contribution in [1.82, 2.24) is 4.31 Å². The summed E-state index contributed by atoms with van der Waals surface area (Å²) in [5.74, 6) is 0. The van der Waals surface area contributed by atoms with Gasteiger partial charge in [0.15, 0.2) is 0 Å². The molecular weight excluding hydrogens is 330 g/mol. The van der Waals surface area contributed by atoms with Crippen LogP contribution in [0.15, 0.2) is 17.0 Å². The molecule has 124 valence electrons. The fourth-order valence-electron chi connectivity index (χ4n) is 2.78. The zero-order chi connectivity index (χ0) is 15.8. The number of benzene rings is 1. The number of sulfonamides is 1. The number of nitrogens with zero attached hydrogens (tertiary/aromatic N) is 2. The zero-order valence-corrected chi connectivity index (χ0v) is 14.1. The van der Waals surface area contributed by atoms with Crippen molar-refractivity contribution in [2.24, 2.45) is 5.73 Å². The number of hydrogen-bond donors (Lipinski definition) is 1. The van der Waals surface area contributed by atoms with E-state index in [-0.39, 0.29) is 35.6 Å². The lowest BCUT2D eigenvalue weighted by Gasteiger charge is -2.23. The molecule has 1 aliphatic rings. The second-order valence-electron chi connectivity index (χ2n) is 5.31. The molecule has 7 nitrogen and oxygen atoms in total. The first-order chi connectivity index (χ1) is 9.78. The maximum absolute atomic E-state index is 12.8. The zero-order valence-electron chi connectivity index (χ0n) is 12.5. The van der Waals surface area contributed by atoms with Gasteiger partial charge in [0.05, 0.1) is 9.82 Å². The quantitative estimate of drug-likeness (QED) is 0.658. The SMILES string of the molecule is Cc1cc(C)c(S(=O)(=O)N2CCCC2CN)cc1[N+](=O)[O-].Cl. The molecule has 0 radical (unpaired) electrons. The third-order valence-corrected chi connectivity index (χ3v) is 5.97. The van der Waals surface area contributed by atoms with Gasteiger partial charge in [0.25, 0.3) is 5.69 Å². The molecule has 1 aromatic carbocycles. The smallest absolute Gasteiger partial charge is 0.273 e. The first-order valence-corrected chi connectivity index (χ1v) is 8.20. The molecule has 2 N–H and O–H groups in total. The van der Waals surface area contributed by atoms with Gasteiger partial charge < -0.3 is 5.73 Å². The van der Waals surface area contributed by atoms with E-state index in [1.807, 2.05) is 0 Å². The van der Waals surface area contributed by atoms with Crippen molar-refractivity contribution in [3.8, 4) is 0 Å². The average Bonchev–Trinajstić information content (AvgIpc) is 2.86. The summed E-state index contributed by atoms with van der Waals surface area (Å²) < 4.78 is 26.9. The fourth-order valence-corrected chi connectivity index (χ4v) is 4.72. The second kappa shape index (κ2) is 6.91. The van der Waals surface area contributed by atoms with Gasteiger partial charge in [0, 0.05) is 30.8 Å². The Bertz CT molecular complexity index is 678. The standard InChI is InChI=1S/C13H19N3O4S.ClH/c1-9-6-10(2)13(7-12(9)16(17)18)21(19,20)15-5-3-4-11(15)8-14;/h6-7,11H,3-5,8,14H2,1-2H3;1H. The van der Waals surface area contributed by atoms with Crippen LogP contribution < -0.4 is 5.73 Å². The van der Waals surface area contributed by atoms with Gasteiger partial charge in [-0.25, -0.2) is 8.42 Å². The molecule has 0 aliphatic carbocycles.